The van der Waals surface area contributed by atoms with Crippen molar-refractivity contribution in [3.63, 3.8) is 0 Å². The number of aliphatic carboxylic acids is 2. The number of hydrogen-bond donors (Lipinski definition) is 7. The Kier molecular flexibility index (Phi) is 8.58. The maximum Gasteiger partial charge on any atom is 0.350 e. The third-order valence-electron chi connectivity index (χ3n) is 3.06. The molecular weight excluding hydrogens is 310 g/mol. The van der Waals surface area contributed by atoms with Gasteiger partial charge in [-0.3, -0.25) is 9.59 Å². The number of hydrogen-bond acceptors (Lipinski definition) is 6. The number of carbonyl (C=O) groups excluding carboxylic acids is 2. The lowest BCUT2D eigenvalue weighted by Crippen LogP contribution is -2.68. The first-order valence-corrected chi connectivity index (χ1v) is 6.95. The zero-order valence-corrected chi connectivity index (χ0v) is 12.6. The number of unbranched alkanes of at least 4 members (excludes halogenated alkanes) is 1. The second-order valence-electron chi connectivity index (χ2n) is 4.97. The Morgan fingerprint density at radius 3 is 2.13 bits per heavy atom. The van der Waals surface area contributed by atoms with Crippen molar-refractivity contribution in [3.8, 4) is 0 Å². The quantitative estimate of drug-likeness (QED) is 0.163. The van der Waals surface area contributed by atoms with Crippen LogP contribution in [0.25, 0.3) is 0 Å². The average Bonchev–Trinajstić information content (AvgIpc) is 2.43. The molecule has 0 spiro atoms. The number of amides is 3. The summed E-state index contributed by atoms with van der Waals surface area (Å²) in [5.74, 6) is -3.80. The van der Waals surface area contributed by atoms with Gasteiger partial charge in [-0.2, -0.15) is 0 Å². The van der Waals surface area contributed by atoms with Crippen molar-refractivity contribution < 1.29 is 29.4 Å². The van der Waals surface area contributed by atoms with Crippen LogP contribution in [0.4, 0.5) is 4.79 Å². The maximum absolute atomic E-state index is 12.0. The van der Waals surface area contributed by atoms with E-state index in [1.165, 1.54) is 0 Å². The summed E-state index contributed by atoms with van der Waals surface area (Å²) in [5.41, 5.74) is 13.5. The van der Waals surface area contributed by atoms with Crippen LogP contribution in [0.1, 0.15) is 32.1 Å². The zero-order valence-electron chi connectivity index (χ0n) is 12.6. The van der Waals surface area contributed by atoms with Crippen molar-refractivity contribution in [2.45, 2.75) is 43.8 Å². The van der Waals surface area contributed by atoms with Crippen LogP contribution in [0, 0.1) is 0 Å². The van der Waals surface area contributed by atoms with E-state index >= 15 is 0 Å². The second-order valence-corrected chi connectivity index (χ2v) is 4.97. The second kappa shape index (κ2) is 9.58. The number of carbonyl (C=O) groups is 4. The van der Waals surface area contributed by atoms with Crippen molar-refractivity contribution in [3.05, 3.63) is 0 Å². The van der Waals surface area contributed by atoms with Gasteiger partial charge in [0.1, 0.15) is 0 Å². The Hall–Kier alpha value is -2.40. The van der Waals surface area contributed by atoms with Gasteiger partial charge in [0.2, 0.25) is 11.6 Å². The van der Waals surface area contributed by atoms with Crippen LogP contribution in [0.2, 0.25) is 0 Å². The molecule has 11 heteroatoms. The molecule has 0 aromatic rings. The minimum Gasteiger partial charge on any atom is -0.481 e. The van der Waals surface area contributed by atoms with Gasteiger partial charge in [-0.25, -0.2) is 9.59 Å². The summed E-state index contributed by atoms with van der Waals surface area (Å²) in [6, 6.07) is -2.26. The third-order valence-corrected chi connectivity index (χ3v) is 3.06. The Bertz CT molecular complexity index is 457. The SMILES string of the molecule is NCCCC[C@H](N)C(=O)N[C@](CCC(=O)O)(NC(N)=O)C(=O)O. The monoisotopic (exact) mass is 333 g/mol. The first-order valence-electron chi connectivity index (χ1n) is 6.95. The molecular formula is C12H23N5O6. The molecule has 0 saturated heterocycles. The van der Waals surface area contributed by atoms with E-state index in [0.29, 0.717) is 19.4 Å². The minimum atomic E-state index is -2.34. The van der Waals surface area contributed by atoms with Gasteiger partial charge in [-0.15, -0.1) is 0 Å². The Balaban J connectivity index is 5.10. The summed E-state index contributed by atoms with van der Waals surface area (Å²) in [5, 5.41) is 21.9. The van der Waals surface area contributed by atoms with Crippen molar-refractivity contribution in [1.29, 1.82) is 0 Å². The molecule has 0 unspecified atom stereocenters. The number of rotatable bonds is 11. The van der Waals surface area contributed by atoms with Crippen LogP contribution in [0.15, 0.2) is 0 Å². The van der Waals surface area contributed by atoms with Gasteiger partial charge in [0.15, 0.2) is 0 Å². The molecule has 0 fully saturated rings. The standard InChI is InChI=1S/C12H23N5O6/c13-6-2-1-3-7(14)9(20)16-12(10(21)22,17-11(15)23)5-4-8(18)19/h7H,1-6,13-14H2,(H,16,20)(H,18,19)(H,21,22)(H3,15,17,23)/t7-,12+/m0/s1. The highest BCUT2D eigenvalue weighted by Crippen LogP contribution is 2.12. The van der Waals surface area contributed by atoms with Gasteiger partial charge in [-0.1, -0.05) is 6.42 Å². The fourth-order valence-corrected chi connectivity index (χ4v) is 1.82. The topological polar surface area (TPSA) is 211 Å². The summed E-state index contributed by atoms with van der Waals surface area (Å²) in [6.07, 6.45) is 0.249. The number of primary amides is 1. The van der Waals surface area contributed by atoms with Gasteiger partial charge >= 0.3 is 18.0 Å². The van der Waals surface area contributed by atoms with Crippen molar-refractivity contribution in [2.24, 2.45) is 17.2 Å². The average molecular weight is 333 g/mol. The highest BCUT2D eigenvalue weighted by atomic mass is 16.4. The first kappa shape index (κ1) is 20.6. The molecule has 0 aromatic carbocycles. The van der Waals surface area contributed by atoms with Crippen LogP contribution in [0.3, 0.4) is 0 Å². The fraction of sp³-hybridized carbons (Fsp3) is 0.667. The Labute approximate surface area is 132 Å². The maximum atomic E-state index is 12.0. The molecule has 0 rings (SSSR count). The number of urea groups is 1. The van der Waals surface area contributed by atoms with Crippen LogP contribution >= 0.6 is 0 Å². The smallest absolute Gasteiger partial charge is 0.350 e. The first-order chi connectivity index (χ1) is 10.6. The van der Waals surface area contributed by atoms with Gasteiger partial charge in [-0.05, 0) is 19.4 Å². The van der Waals surface area contributed by atoms with E-state index in [2.05, 4.69) is 5.32 Å². The normalized spacial score (nSPS) is 14.3. The highest BCUT2D eigenvalue weighted by molar-refractivity contribution is 5.92. The summed E-state index contributed by atoms with van der Waals surface area (Å²) in [7, 11) is 0. The lowest BCUT2D eigenvalue weighted by atomic mass is 10.0. The molecule has 0 saturated carbocycles. The highest BCUT2D eigenvalue weighted by Gasteiger charge is 2.42. The van der Waals surface area contributed by atoms with E-state index in [1.807, 2.05) is 5.32 Å². The molecule has 0 aliphatic heterocycles. The molecule has 0 radical (unpaired) electrons. The van der Waals surface area contributed by atoms with Crippen LogP contribution < -0.4 is 27.8 Å². The van der Waals surface area contributed by atoms with Gasteiger partial charge < -0.3 is 38.0 Å². The van der Waals surface area contributed by atoms with E-state index in [0.717, 1.165) is 0 Å². The molecule has 132 valence electrons. The van der Waals surface area contributed by atoms with Gasteiger partial charge in [0, 0.05) is 12.8 Å². The van der Waals surface area contributed by atoms with Crippen molar-refractivity contribution >= 4 is 23.9 Å². The number of carboxylic acids is 2. The Morgan fingerprint density at radius 2 is 1.70 bits per heavy atom. The fourth-order valence-electron chi connectivity index (χ4n) is 1.82. The molecule has 23 heavy (non-hydrogen) atoms. The minimum absolute atomic E-state index is 0.258. The van der Waals surface area contributed by atoms with E-state index in [4.69, 9.17) is 22.3 Å². The van der Waals surface area contributed by atoms with Crippen molar-refractivity contribution in [2.75, 3.05) is 6.54 Å². The van der Waals surface area contributed by atoms with E-state index < -0.39 is 48.4 Å². The summed E-state index contributed by atoms with van der Waals surface area (Å²) in [4.78, 5) is 45.2. The van der Waals surface area contributed by atoms with Crippen LogP contribution in [-0.2, 0) is 14.4 Å². The van der Waals surface area contributed by atoms with Crippen LogP contribution in [0.5, 0.6) is 0 Å². The predicted molar refractivity (Wildman–Crippen MR) is 79.0 cm³/mol. The molecule has 0 heterocycles. The molecule has 0 aromatic heterocycles. The van der Waals surface area contributed by atoms with Gasteiger partial charge in [0.05, 0.1) is 6.04 Å². The van der Waals surface area contributed by atoms with Crippen LogP contribution in [-0.4, -0.2) is 52.3 Å². The molecule has 10 N–H and O–H groups in total. The lowest BCUT2D eigenvalue weighted by molar-refractivity contribution is -0.150. The molecule has 0 aliphatic carbocycles. The van der Waals surface area contributed by atoms with E-state index in [1.54, 1.807) is 0 Å². The summed E-state index contributed by atoms with van der Waals surface area (Å²) in [6.45, 7) is 0.426. The molecule has 3 amide bonds. The third kappa shape index (κ3) is 7.42. The number of carboxylic acid groups (broad SMARTS) is 2. The zero-order chi connectivity index (χ0) is 18.0. The van der Waals surface area contributed by atoms with E-state index in [9.17, 15) is 24.3 Å². The predicted octanol–water partition coefficient (Wildman–Crippen LogP) is -2.13. The number of nitrogens with one attached hydrogen (secondary N) is 2. The molecule has 0 bridgehead atoms. The van der Waals surface area contributed by atoms with Crippen molar-refractivity contribution in [1.82, 2.24) is 10.6 Å². The number of nitrogens with two attached hydrogens (primary N) is 3. The summed E-state index contributed by atoms with van der Waals surface area (Å²) < 4.78 is 0. The molecule has 2 atom stereocenters. The van der Waals surface area contributed by atoms with Gasteiger partial charge in [0.25, 0.3) is 0 Å². The molecule has 0 aliphatic rings. The largest absolute Gasteiger partial charge is 0.481 e. The van der Waals surface area contributed by atoms with E-state index in [-0.39, 0.29) is 6.42 Å². The molecule has 11 nitrogen and oxygen atoms in total. The summed E-state index contributed by atoms with van der Waals surface area (Å²) >= 11 is 0. The lowest BCUT2D eigenvalue weighted by Gasteiger charge is -2.31. The Morgan fingerprint density at radius 1 is 1.09 bits per heavy atom.